The predicted octanol–water partition coefficient (Wildman–Crippen LogP) is -0.214. The molecule has 0 fully saturated rings. The van der Waals surface area contributed by atoms with Crippen molar-refractivity contribution in [2.45, 2.75) is 13.0 Å². The maximum atomic E-state index is 12.3. The Bertz CT molecular complexity index is 626. The van der Waals surface area contributed by atoms with Gasteiger partial charge in [0.05, 0.1) is 5.56 Å². The molecule has 0 aliphatic heterocycles. The fourth-order valence-electron chi connectivity index (χ4n) is 1.81. The molecule has 6 heteroatoms. The van der Waals surface area contributed by atoms with E-state index < -0.39 is 5.97 Å². The Labute approximate surface area is 122 Å². The molecule has 1 aromatic carbocycles. The van der Waals surface area contributed by atoms with Crippen molar-refractivity contribution in [3.63, 3.8) is 0 Å². The van der Waals surface area contributed by atoms with E-state index in [2.05, 4.69) is 5.10 Å². The van der Waals surface area contributed by atoms with E-state index in [1.165, 1.54) is 15.8 Å². The molecule has 6 nitrogen and oxygen atoms in total. The number of aliphatic carboxylic acids is 1. The summed E-state index contributed by atoms with van der Waals surface area (Å²) < 4.78 is 1.45. The van der Waals surface area contributed by atoms with Crippen LogP contribution in [0.2, 0.25) is 0 Å². The molecule has 0 bridgehead atoms. The number of carbonyl (C=O) groups excluding carboxylic acids is 2. The number of carboxylic acids is 1. The van der Waals surface area contributed by atoms with E-state index in [0.29, 0.717) is 5.56 Å². The monoisotopic (exact) mass is 285 g/mol. The number of aryl methyl sites for hydroxylation is 1. The Balaban J connectivity index is 2.08. The molecule has 0 saturated carbocycles. The highest BCUT2D eigenvalue weighted by Gasteiger charge is 2.15. The molecule has 2 aromatic rings. The number of carbonyl (C=O) groups is 2. The van der Waals surface area contributed by atoms with Crippen LogP contribution in [0.4, 0.5) is 5.69 Å². The van der Waals surface area contributed by atoms with E-state index in [4.69, 9.17) is 0 Å². The molecule has 108 valence electrons. The van der Waals surface area contributed by atoms with E-state index in [-0.39, 0.29) is 18.9 Å². The Morgan fingerprint density at radius 1 is 1.24 bits per heavy atom. The minimum Gasteiger partial charge on any atom is -0.550 e. The van der Waals surface area contributed by atoms with Gasteiger partial charge in [0, 0.05) is 31.2 Å². The maximum absolute atomic E-state index is 12.3. The van der Waals surface area contributed by atoms with Crippen molar-refractivity contribution in [1.29, 1.82) is 0 Å². The van der Waals surface area contributed by atoms with Gasteiger partial charge in [0.15, 0.2) is 12.7 Å². The molecule has 0 aliphatic rings. The minimum atomic E-state index is -1.13. The highest BCUT2D eigenvalue weighted by atomic mass is 16.4. The molecule has 0 N–H and O–H groups in total. The summed E-state index contributed by atoms with van der Waals surface area (Å²) in [5.74, 6) is -1.31. The minimum absolute atomic E-state index is 0.116. The molecule has 1 aromatic heterocycles. The standard InChI is InChI=1S/C15H15N3O3/c1-17(13-5-3-2-4-6-13)15(21)12-7-9-18(16-11-12)10-8-14(19)20/h2-7,9,11H,8,10H2,1H3. The van der Waals surface area contributed by atoms with Crippen LogP contribution >= 0.6 is 0 Å². The van der Waals surface area contributed by atoms with Crippen molar-refractivity contribution < 1.29 is 19.4 Å². The van der Waals surface area contributed by atoms with Gasteiger partial charge in [-0.3, -0.25) is 4.79 Å². The van der Waals surface area contributed by atoms with Gasteiger partial charge in [-0.25, -0.2) is 0 Å². The molecular weight excluding hydrogens is 270 g/mol. The summed E-state index contributed by atoms with van der Waals surface area (Å²) in [6.07, 6.45) is 2.89. The molecule has 0 atom stereocenters. The summed E-state index contributed by atoms with van der Waals surface area (Å²) in [6, 6.07) is 10.9. The SMILES string of the molecule is CN(C(=O)c1cc[n+](CCC(=O)[O-])nc1)c1ccccc1. The Kier molecular flexibility index (Phi) is 4.61. The normalized spacial score (nSPS) is 10.1. The number of anilines is 1. The first kappa shape index (κ1) is 14.6. The number of rotatable bonds is 5. The number of carboxylic acid groups (broad SMARTS) is 1. The van der Waals surface area contributed by atoms with Crippen LogP contribution in [-0.2, 0) is 11.3 Å². The average Bonchev–Trinajstić information content (AvgIpc) is 2.53. The van der Waals surface area contributed by atoms with Crippen molar-refractivity contribution in [3.05, 3.63) is 54.4 Å². The number of hydrogen-bond donors (Lipinski definition) is 0. The van der Waals surface area contributed by atoms with Crippen molar-refractivity contribution in [2.75, 3.05) is 11.9 Å². The number of hydrogen-bond acceptors (Lipinski definition) is 4. The van der Waals surface area contributed by atoms with E-state index >= 15 is 0 Å². The quantitative estimate of drug-likeness (QED) is 0.712. The molecular formula is C15H15N3O3. The third-order valence-electron chi connectivity index (χ3n) is 3.01. The van der Waals surface area contributed by atoms with Gasteiger partial charge in [-0.1, -0.05) is 22.9 Å². The molecule has 21 heavy (non-hydrogen) atoms. The van der Waals surface area contributed by atoms with Crippen LogP contribution in [0.5, 0.6) is 0 Å². The number of amides is 1. The zero-order valence-corrected chi connectivity index (χ0v) is 11.6. The molecule has 0 spiro atoms. The highest BCUT2D eigenvalue weighted by Crippen LogP contribution is 2.13. The first-order valence-electron chi connectivity index (χ1n) is 6.46. The smallest absolute Gasteiger partial charge is 0.260 e. The lowest BCUT2D eigenvalue weighted by Crippen LogP contribution is -2.41. The molecule has 0 radical (unpaired) electrons. The van der Waals surface area contributed by atoms with Crippen molar-refractivity contribution >= 4 is 17.6 Å². The number of nitrogens with zero attached hydrogens (tertiary/aromatic N) is 3. The van der Waals surface area contributed by atoms with Crippen LogP contribution in [0.3, 0.4) is 0 Å². The third kappa shape index (κ3) is 3.85. The van der Waals surface area contributed by atoms with Crippen LogP contribution in [0, 0.1) is 0 Å². The van der Waals surface area contributed by atoms with Gasteiger partial charge in [-0.2, -0.15) is 0 Å². The van der Waals surface area contributed by atoms with Crippen LogP contribution in [-0.4, -0.2) is 24.0 Å². The molecule has 1 heterocycles. The molecule has 2 rings (SSSR count). The first-order valence-corrected chi connectivity index (χ1v) is 6.46. The van der Waals surface area contributed by atoms with Crippen LogP contribution < -0.4 is 14.7 Å². The summed E-state index contributed by atoms with van der Waals surface area (Å²) in [7, 11) is 1.69. The molecule has 0 unspecified atom stereocenters. The predicted molar refractivity (Wildman–Crippen MR) is 73.2 cm³/mol. The highest BCUT2D eigenvalue weighted by molar-refractivity contribution is 6.05. The van der Waals surface area contributed by atoms with E-state index in [1.54, 1.807) is 19.3 Å². The fourth-order valence-corrected chi connectivity index (χ4v) is 1.81. The second-order valence-corrected chi connectivity index (χ2v) is 4.50. The van der Waals surface area contributed by atoms with Gasteiger partial charge < -0.3 is 14.8 Å². The van der Waals surface area contributed by atoms with E-state index in [9.17, 15) is 14.7 Å². The third-order valence-corrected chi connectivity index (χ3v) is 3.01. The molecule has 0 saturated heterocycles. The Hall–Kier alpha value is -2.76. The average molecular weight is 285 g/mol. The lowest BCUT2D eigenvalue weighted by atomic mass is 10.2. The number of para-hydroxylation sites is 1. The maximum Gasteiger partial charge on any atom is 0.260 e. The van der Waals surface area contributed by atoms with Gasteiger partial charge in [0.1, 0.15) is 6.20 Å². The van der Waals surface area contributed by atoms with Crippen LogP contribution in [0.25, 0.3) is 0 Å². The lowest BCUT2D eigenvalue weighted by molar-refractivity contribution is -0.753. The summed E-state index contributed by atoms with van der Waals surface area (Å²) in [6.45, 7) is 0.214. The summed E-state index contributed by atoms with van der Waals surface area (Å²) in [4.78, 5) is 24.2. The van der Waals surface area contributed by atoms with Crippen molar-refractivity contribution in [1.82, 2.24) is 5.10 Å². The number of aromatic nitrogens is 2. The lowest BCUT2D eigenvalue weighted by Gasteiger charge is -2.16. The Morgan fingerprint density at radius 3 is 2.52 bits per heavy atom. The fraction of sp³-hybridized carbons (Fsp3) is 0.200. The van der Waals surface area contributed by atoms with Crippen LogP contribution in [0.1, 0.15) is 16.8 Å². The van der Waals surface area contributed by atoms with Crippen LogP contribution in [0.15, 0.2) is 48.8 Å². The van der Waals surface area contributed by atoms with Crippen molar-refractivity contribution in [2.24, 2.45) is 0 Å². The second kappa shape index (κ2) is 6.60. The van der Waals surface area contributed by atoms with Gasteiger partial charge >= 0.3 is 0 Å². The zero-order chi connectivity index (χ0) is 15.2. The summed E-state index contributed by atoms with van der Waals surface area (Å²) >= 11 is 0. The largest absolute Gasteiger partial charge is 0.550 e. The van der Waals surface area contributed by atoms with Gasteiger partial charge in [0.25, 0.3) is 5.91 Å². The van der Waals surface area contributed by atoms with Crippen molar-refractivity contribution in [3.8, 4) is 0 Å². The second-order valence-electron chi connectivity index (χ2n) is 4.50. The summed E-state index contributed by atoms with van der Waals surface area (Å²) in [5, 5.41) is 14.4. The summed E-state index contributed by atoms with van der Waals surface area (Å²) in [5.41, 5.74) is 1.22. The van der Waals surface area contributed by atoms with Gasteiger partial charge in [0.2, 0.25) is 0 Å². The van der Waals surface area contributed by atoms with E-state index in [0.717, 1.165) is 5.69 Å². The van der Waals surface area contributed by atoms with E-state index in [1.807, 2.05) is 30.3 Å². The Morgan fingerprint density at radius 2 is 1.95 bits per heavy atom. The first-order chi connectivity index (χ1) is 10.1. The van der Waals surface area contributed by atoms with Gasteiger partial charge in [-0.05, 0) is 17.2 Å². The molecule has 0 aliphatic carbocycles. The topological polar surface area (TPSA) is 77.2 Å². The van der Waals surface area contributed by atoms with Gasteiger partial charge in [-0.15, -0.1) is 0 Å². The zero-order valence-electron chi connectivity index (χ0n) is 11.6. The molecule has 1 amide bonds. The number of benzene rings is 1.